The molecule has 1 atom stereocenters. The average Bonchev–Trinajstić information content (AvgIpc) is 2.46. The second kappa shape index (κ2) is 6.41. The number of hydrogen-bond donors (Lipinski definition) is 2. The Morgan fingerprint density at radius 2 is 1.95 bits per heavy atom. The van der Waals surface area contributed by atoms with Crippen LogP contribution in [0.4, 0.5) is 11.5 Å². The number of pyridine rings is 1. The zero-order valence-electron chi connectivity index (χ0n) is 10.8. The standard InChI is InChI=1S/C15H16N4/c1-12(18-13-6-3-2-4-7-13)11-17-15-9-5-8-14(10-16)19-15/h2-9,12,18H,11H2,1H3,(H,17,19). The minimum atomic E-state index is 0.259. The molecule has 0 amide bonds. The summed E-state index contributed by atoms with van der Waals surface area (Å²) < 4.78 is 0. The van der Waals surface area contributed by atoms with Gasteiger partial charge in [-0.3, -0.25) is 0 Å². The number of hydrogen-bond acceptors (Lipinski definition) is 4. The van der Waals surface area contributed by atoms with Crippen molar-refractivity contribution in [2.75, 3.05) is 17.2 Å². The van der Waals surface area contributed by atoms with Gasteiger partial charge in [0.15, 0.2) is 0 Å². The van der Waals surface area contributed by atoms with Crippen LogP contribution in [0.25, 0.3) is 0 Å². The molecule has 2 aromatic rings. The van der Waals surface area contributed by atoms with Crippen LogP contribution in [0.15, 0.2) is 48.5 Å². The van der Waals surface area contributed by atoms with E-state index in [1.165, 1.54) is 0 Å². The summed E-state index contributed by atoms with van der Waals surface area (Å²) in [5.41, 5.74) is 1.52. The normalized spacial score (nSPS) is 11.4. The Kier molecular flexibility index (Phi) is 4.35. The lowest BCUT2D eigenvalue weighted by Crippen LogP contribution is -2.25. The Morgan fingerprint density at radius 1 is 1.16 bits per heavy atom. The van der Waals surface area contributed by atoms with E-state index in [4.69, 9.17) is 5.26 Å². The van der Waals surface area contributed by atoms with E-state index < -0.39 is 0 Å². The van der Waals surface area contributed by atoms with Crippen LogP contribution >= 0.6 is 0 Å². The highest BCUT2D eigenvalue weighted by Crippen LogP contribution is 2.08. The second-order valence-corrected chi connectivity index (χ2v) is 4.31. The molecule has 0 fully saturated rings. The summed E-state index contributed by atoms with van der Waals surface area (Å²) in [7, 11) is 0. The first kappa shape index (κ1) is 12.9. The zero-order valence-corrected chi connectivity index (χ0v) is 10.8. The number of nitriles is 1. The number of anilines is 2. The molecule has 4 nitrogen and oxygen atoms in total. The van der Waals surface area contributed by atoms with E-state index in [1.54, 1.807) is 6.07 Å². The fourth-order valence-corrected chi connectivity index (χ4v) is 1.72. The third kappa shape index (κ3) is 4.00. The van der Waals surface area contributed by atoms with Crippen molar-refractivity contribution in [1.82, 2.24) is 4.98 Å². The highest BCUT2D eigenvalue weighted by Gasteiger charge is 2.02. The Labute approximate surface area is 113 Å². The Balaban J connectivity index is 1.86. The van der Waals surface area contributed by atoms with Crippen molar-refractivity contribution in [3.8, 4) is 6.07 Å². The molecule has 4 heteroatoms. The van der Waals surface area contributed by atoms with Crippen LogP contribution in [0.1, 0.15) is 12.6 Å². The van der Waals surface area contributed by atoms with Crippen LogP contribution in [0, 0.1) is 11.3 Å². The Bertz CT molecular complexity index is 560. The van der Waals surface area contributed by atoms with Gasteiger partial charge in [0, 0.05) is 18.3 Å². The smallest absolute Gasteiger partial charge is 0.142 e. The highest BCUT2D eigenvalue weighted by molar-refractivity contribution is 5.44. The summed E-state index contributed by atoms with van der Waals surface area (Å²) in [5, 5.41) is 15.4. The number of aromatic nitrogens is 1. The van der Waals surface area contributed by atoms with Crippen LogP contribution in [0.3, 0.4) is 0 Å². The van der Waals surface area contributed by atoms with Crippen molar-refractivity contribution in [2.45, 2.75) is 13.0 Å². The Hall–Kier alpha value is -2.54. The van der Waals surface area contributed by atoms with Gasteiger partial charge in [-0.15, -0.1) is 0 Å². The highest BCUT2D eigenvalue weighted by atomic mass is 15.0. The summed E-state index contributed by atoms with van der Waals surface area (Å²) in [6.07, 6.45) is 0. The first-order valence-electron chi connectivity index (χ1n) is 6.20. The average molecular weight is 252 g/mol. The minimum Gasteiger partial charge on any atom is -0.381 e. The maximum Gasteiger partial charge on any atom is 0.142 e. The van der Waals surface area contributed by atoms with Gasteiger partial charge < -0.3 is 10.6 Å². The predicted molar refractivity (Wildman–Crippen MR) is 77.0 cm³/mol. The monoisotopic (exact) mass is 252 g/mol. The van der Waals surface area contributed by atoms with Crippen LogP contribution in [-0.2, 0) is 0 Å². The van der Waals surface area contributed by atoms with Gasteiger partial charge in [0.25, 0.3) is 0 Å². The second-order valence-electron chi connectivity index (χ2n) is 4.31. The quantitative estimate of drug-likeness (QED) is 0.859. The zero-order chi connectivity index (χ0) is 13.5. The maximum absolute atomic E-state index is 8.78. The molecule has 0 bridgehead atoms. The van der Waals surface area contributed by atoms with Crippen molar-refractivity contribution < 1.29 is 0 Å². The topological polar surface area (TPSA) is 60.7 Å². The SMILES string of the molecule is CC(CNc1cccc(C#N)n1)Nc1ccccc1. The van der Waals surface area contributed by atoms with Gasteiger partial charge in [-0.25, -0.2) is 4.98 Å². The summed E-state index contributed by atoms with van der Waals surface area (Å²) in [5.74, 6) is 0.723. The van der Waals surface area contributed by atoms with Crippen molar-refractivity contribution in [2.24, 2.45) is 0 Å². The number of benzene rings is 1. The third-order valence-electron chi connectivity index (χ3n) is 2.64. The largest absolute Gasteiger partial charge is 0.381 e. The summed E-state index contributed by atoms with van der Waals surface area (Å²) in [4.78, 5) is 4.17. The van der Waals surface area contributed by atoms with Gasteiger partial charge in [-0.05, 0) is 31.2 Å². The maximum atomic E-state index is 8.78. The molecule has 0 aliphatic heterocycles. The molecule has 2 N–H and O–H groups in total. The van der Waals surface area contributed by atoms with Gasteiger partial charge in [-0.1, -0.05) is 24.3 Å². The van der Waals surface area contributed by atoms with E-state index in [0.29, 0.717) is 5.69 Å². The first-order chi connectivity index (χ1) is 9.28. The molecule has 0 aliphatic rings. The molecule has 0 saturated carbocycles. The molecular weight excluding hydrogens is 236 g/mol. The minimum absolute atomic E-state index is 0.259. The molecule has 19 heavy (non-hydrogen) atoms. The first-order valence-corrected chi connectivity index (χ1v) is 6.20. The molecule has 2 rings (SSSR count). The lowest BCUT2D eigenvalue weighted by molar-refractivity contribution is 0.831. The summed E-state index contributed by atoms with van der Waals surface area (Å²) in [6, 6.07) is 17.7. The predicted octanol–water partition coefficient (Wildman–Crippen LogP) is 2.87. The summed E-state index contributed by atoms with van der Waals surface area (Å²) in [6.45, 7) is 2.82. The van der Waals surface area contributed by atoms with E-state index in [1.807, 2.05) is 48.5 Å². The van der Waals surface area contributed by atoms with E-state index in [9.17, 15) is 0 Å². The molecule has 1 unspecified atom stereocenters. The van der Waals surface area contributed by atoms with E-state index in [-0.39, 0.29) is 6.04 Å². The van der Waals surface area contributed by atoms with E-state index >= 15 is 0 Å². The number of nitrogens with one attached hydrogen (secondary N) is 2. The number of para-hydroxylation sites is 1. The molecule has 1 aromatic heterocycles. The fraction of sp³-hybridized carbons (Fsp3) is 0.200. The molecule has 0 saturated heterocycles. The molecule has 1 aromatic carbocycles. The van der Waals surface area contributed by atoms with Crippen molar-refractivity contribution >= 4 is 11.5 Å². The van der Waals surface area contributed by atoms with Gasteiger partial charge in [0.1, 0.15) is 17.6 Å². The molecule has 1 heterocycles. The third-order valence-corrected chi connectivity index (χ3v) is 2.64. The Morgan fingerprint density at radius 3 is 2.68 bits per heavy atom. The summed E-state index contributed by atoms with van der Waals surface area (Å²) >= 11 is 0. The van der Waals surface area contributed by atoms with Crippen molar-refractivity contribution in [3.05, 3.63) is 54.2 Å². The lowest BCUT2D eigenvalue weighted by atomic mass is 10.2. The molecule has 0 aliphatic carbocycles. The van der Waals surface area contributed by atoms with Crippen LogP contribution in [-0.4, -0.2) is 17.6 Å². The van der Waals surface area contributed by atoms with Gasteiger partial charge >= 0.3 is 0 Å². The molecule has 0 radical (unpaired) electrons. The molecular formula is C15H16N4. The number of nitrogens with zero attached hydrogens (tertiary/aromatic N) is 2. The number of rotatable bonds is 5. The fourth-order valence-electron chi connectivity index (χ4n) is 1.72. The van der Waals surface area contributed by atoms with E-state index in [2.05, 4.69) is 22.5 Å². The lowest BCUT2D eigenvalue weighted by Gasteiger charge is -2.16. The van der Waals surface area contributed by atoms with Crippen LogP contribution < -0.4 is 10.6 Å². The van der Waals surface area contributed by atoms with E-state index in [0.717, 1.165) is 18.1 Å². The van der Waals surface area contributed by atoms with Gasteiger partial charge in [0.2, 0.25) is 0 Å². The van der Waals surface area contributed by atoms with Crippen LogP contribution in [0.2, 0.25) is 0 Å². The molecule has 96 valence electrons. The van der Waals surface area contributed by atoms with Gasteiger partial charge in [-0.2, -0.15) is 5.26 Å². The van der Waals surface area contributed by atoms with Crippen molar-refractivity contribution in [3.63, 3.8) is 0 Å². The van der Waals surface area contributed by atoms with Crippen LogP contribution in [0.5, 0.6) is 0 Å². The van der Waals surface area contributed by atoms with Crippen molar-refractivity contribution in [1.29, 1.82) is 5.26 Å². The van der Waals surface area contributed by atoms with Gasteiger partial charge in [0.05, 0.1) is 0 Å². The molecule has 0 spiro atoms.